The summed E-state index contributed by atoms with van der Waals surface area (Å²) in [5.41, 5.74) is 4.18. The van der Waals surface area contributed by atoms with E-state index < -0.39 is 0 Å². The first kappa shape index (κ1) is 18.7. The van der Waals surface area contributed by atoms with Gasteiger partial charge in [-0.3, -0.25) is 9.48 Å². The maximum atomic E-state index is 12.5. The van der Waals surface area contributed by atoms with Crippen molar-refractivity contribution in [2.45, 2.75) is 33.7 Å². The van der Waals surface area contributed by atoms with Gasteiger partial charge in [0.1, 0.15) is 11.5 Å². The van der Waals surface area contributed by atoms with Crippen LogP contribution in [0.2, 0.25) is 0 Å². The normalized spacial score (nSPS) is 11.0. The molecule has 7 heteroatoms. The summed E-state index contributed by atoms with van der Waals surface area (Å²) in [7, 11) is 0. The van der Waals surface area contributed by atoms with Crippen LogP contribution in [0.4, 0.5) is 5.82 Å². The van der Waals surface area contributed by atoms with Gasteiger partial charge in [-0.25, -0.2) is 0 Å². The molecule has 0 spiro atoms. The minimum atomic E-state index is -0.337. The van der Waals surface area contributed by atoms with Crippen molar-refractivity contribution in [2.75, 3.05) is 5.32 Å². The highest BCUT2D eigenvalue weighted by Crippen LogP contribution is 2.20. The topological polar surface area (TPSA) is 86.1 Å². The first-order valence-corrected chi connectivity index (χ1v) is 9.39. The number of amides is 1. The summed E-state index contributed by atoms with van der Waals surface area (Å²) in [6.45, 7) is 6.46. The fourth-order valence-electron chi connectivity index (χ4n) is 3.18. The van der Waals surface area contributed by atoms with E-state index >= 15 is 0 Å². The van der Waals surface area contributed by atoms with Crippen LogP contribution < -0.4 is 5.32 Å². The standard InChI is InChI=1S/C22H22N4O3/c1-14-6-4-5-7-17(14)13-26-11-10-21(24-26)23-22(27)20-9-8-18(28-20)12-19-15(2)25-29-16(19)3/h4-11H,12-13H2,1-3H3,(H,23,24,27). The van der Waals surface area contributed by atoms with E-state index in [0.717, 1.165) is 17.0 Å². The van der Waals surface area contributed by atoms with Crippen molar-refractivity contribution in [1.82, 2.24) is 14.9 Å². The number of carbonyl (C=O) groups is 1. The molecule has 0 saturated carbocycles. The SMILES string of the molecule is Cc1ccccc1Cn1ccc(NC(=O)c2ccc(Cc3c(C)noc3C)o2)n1. The van der Waals surface area contributed by atoms with Crippen molar-refractivity contribution in [2.24, 2.45) is 0 Å². The molecule has 4 aromatic rings. The fourth-order valence-corrected chi connectivity index (χ4v) is 3.18. The van der Waals surface area contributed by atoms with E-state index in [1.165, 1.54) is 11.1 Å². The monoisotopic (exact) mass is 390 g/mol. The predicted molar refractivity (Wildman–Crippen MR) is 108 cm³/mol. The van der Waals surface area contributed by atoms with Crippen molar-refractivity contribution in [1.29, 1.82) is 0 Å². The van der Waals surface area contributed by atoms with Crippen LogP contribution in [0.5, 0.6) is 0 Å². The summed E-state index contributed by atoms with van der Waals surface area (Å²) < 4.78 is 12.7. The van der Waals surface area contributed by atoms with E-state index in [4.69, 9.17) is 8.94 Å². The molecule has 3 aromatic heterocycles. The summed E-state index contributed by atoms with van der Waals surface area (Å²) in [5, 5.41) is 11.1. The predicted octanol–water partition coefficient (Wildman–Crippen LogP) is 4.28. The maximum absolute atomic E-state index is 12.5. The molecule has 29 heavy (non-hydrogen) atoms. The molecule has 1 aromatic carbocycles. The van der Waals surface area contributed by atoms with Crippen molar-refractivity contribution in [3.05, 3.63) is 88.3 Å². The third kappa shape index (κ3) is 4.13. The summed E-state index contributed by atoms with van der Waals surface area (Å²) in [4.78, 5) is 12.5. The second kappa shape index (κ2) is 7.79. The van der Waals surface area contributed by atoms with Crippen molar-refractivity contribution in [3.63, 3.8) is 0 Å². The molecule has 3 heterocycles. The van der Waals surface area contributed by atoms with Gasteiger partial charge in [-0.15, -0.1) is 0 Å². The Hall–Kier alpha value is -3.61. The van der Waals surface area contributed by atoms with Gasteiger partial charge in [0.05, 0.1) is 12.2 Å². The lowest BCUT2D eigenvalue weighted by Gasteiger charge is -2.05. The minimum Gasteiger partial charge on any atom is -0.456 e. The minimum absolute atomic E-state index is 0.236. The van der Waals surface area contributed by atoms with Gasteiger partial charge in [0.25, 0.3) is 5.91 Å². The Morgan fingerprint density at radius 3 is 2.69 bits per heavy atom. The fraction of sp³-hybridized carbons (Fsp3) is 0.227. The molecule has 0 unspecified atom stereocenters. The molecule has 1 N–H and O–H groups in total. The number of aromatic nitrogens is 3. The smallest absolute Gasteiger partial charge is 0.292 e. The van der Waals surface area contributed by atoms with Crippen LogP contribution in [0.25, 0.3) is 0 Å². The molecular formula is C22H22N4O3. The number of carbonyl (C=O) groups excluding carboxylic acids is 1. The Balaban J connectivity index is 1.41. The Kier molecular flexibility index (Phi) is 5.03. The summed E-state index contributed by atoms with van der Waals surface area (Å²) in [5.74, 6) is 1.81. The average Bonchev–Trinajstić information content (AvgIpc) is 3.41. The van der Waals surface area contributed by atoms with E-state index in [1.807, 2.05) is 32.2 Å². The van der Waals surface area contributed by atoms with Crippen molar-refractivity contribution in [3.8, 4) is 0 Å². The highest BCUT2D eigenvalue weighted by molar-refractivity contribution is 6.01. The Labute approximate surface area is 168 Å². The molecular weight excluding hydrogens is 368 g/mol. The van der Waals surface area contributed by atoms with Gasteiger partial charge in [-0.2, -0.15) is 5.10 Å². The van der Waals surface area contributed by atoms with Crippen LogP contribution in [-0.2, 0) is 13.0 Å². The van der Waals surface area contributed by atoms with E-state index in [-0.39, 0.29) is 11.7 Å². The second-order valence-corrected chi connectivity index (χ2v) is 7.02. The van der Waals surface area contributed by atoms with Crippen LogP contribution >= 0.6 is 0 Å². The number of aryl methyl sites for hydroxylation is 3. The number of benzene rings is 1. The van der Waals surface area contributed by atoms with Crippen LogP contribution in [0.3, 0.4) is 0 Å². The van der Waals surface area contributed by atoms with E-state index in [1.54, 1.807) is 22.9 Å². The lowest BCUT2D eigenvalue weighted by Crippen LogP contribution is -2.12. The van der Waals surface area contributed by atoms with Crippen molar-refractivity contribution >= 4 is 11.7 Å². The van der Waals surface area contributed by atoms with Gasteiger partial charge in [0.15, 0.2) is 11.6 Å². The number of hydrogen-bond donors (Lipinski definition) is 1. The van der Waals surface area contributed by atoms with E-state index in [9.17, 15) is 4.79 Å². The van der Waals surface area contributed by atoms with Crippen LogP contribution in [-0.4, -0.2) is 20.8 Å². The number of nitrogens with one attached hydrogen (secondary N) is 1. The van der Waals surface area contributed by atoms with Gasteiger partial charge in [0.2, 0.25) is 0 Å². The first-order chi connectivity index (χ1) is 14.0. The van der Waals surface area contributed by atoms with E-state index in [0.29, 0.717) is 24.5 Å². The molecule has 7 nitrogen and oxygen atoms in total. The zero-order chi connectivity index (χ0) is 20.4. The second-order valence-electron chi connectivity index (χ2n) is 7.02. The van der Waals surface area contributed by atoms with Crippen LogP contribution in [0.15, 0.2) is 57.6 Å². The van der Waals surface area contributed by atoms with Crippen LogP contribution in [0.1, 0.15) is 44.5 Å². The molecule has 0 aliphatic rings. The number of hydrogen-bond acceptors (Lipinski definition) is 5. The van der Waals surface area contributed by atoms with Gasteiger partial charge >= 0.3 is 0 Å². The van der Waals surface area contributed by atoms with Gasteiger partial charge in [-0.05, 0) is 44.0 Å². The molecule has 0 saturated heterocycles. The Morgan fingerprint density at radius 1 is 1.10 bits per heavy atom. The lowest BCUT2D eigenvalue weighted by atomic mass is 10.1. The van der Waals surface area contributed by atoms with Gasteiger partial charge in [0, 0.05) is 24.2 Å². The largest absolute Gasteiger partial charge is 0.456 e. The lowest BCUT2D eigenvalue weighted by molar-refractivity contribution is 0.0994. The quantitative estimate of drug-likeness (QED) is 0.531. The molecule has 0 radical (unpaired) electrons. The Bertz CT molecular complexity index is 1130. The summed E-state index contributed by atoms with van der Waals surface area (Å²) in [6, 6.07) is 13.4. The number of rotatable bonds is 6. The molecule has 0 aliphatic carbocycles. The highest BCUT2D eigenvalue weighted by atomic mass is 16.5. The van der Waals surface area contributed by atoms with E-state index in [2.05, 4.69) is 34.6 Å². The van der Waals surface area contributed by atoms with Gasteiger partial charge < -0.3 is 14.3 Å². The third-order valence-electron chi connectivity index (χ3n) is 4.89. The summed E-state index contributed by atoms with van der Waals surface area (Å²) in [6.07, 6.45) is 2.37. The molecule has 4 rings (SSSR count). The number of furan rings is 1. The van der Waals surface area contributed by atoms with Gasteiger partial charge in [-0.1, -0.05) is 29.4 Å². The molecule has 148 valence electrons. The number of nitrogens with zero attached hydrogens (tertiary/aromatic N) is 3. The van der Waals surface area contributed by atoms with Crippen LogP contribution in [0, 0.1) is 20.8 Å². The zero-order valence-electron chi connectivity index (χ0n) is 16.6. The highest BCUT2D eigenvalue weighted by Gasteiger charge is 2.16. The molecule has 0 atom stereocenters. The summed E-state index contributed by atoms with van der Waals surface area (Å²) >= 11 is 0. The first-order valence-electron chi connectivity index (χ1n) is 9.39. The molecule has 0 fully saturated rings. The van der Waals surface area contributed by atoms with Crippen molar-refractivity contribution < 1.29 is 13.7 Å². The zero-order valence-corrected chi connectivity index (χ0v) is 16.6. The Morgan fingerprint density at radius 2 is 1.93 bits per heavy atom. The molecule has 1 amide bonds. The molecule has 0 bridgehead atoms. The third-order valence-corrected chi connectivity index (χ3v) is 4.89. The molecule has 0 aliphatic heterocycles. The number of anilines is 1. The average molecular weight is 390 g/mol. The maximum Gasteiger partial charge on any atom is 0.292 e.